The summed E-state index contributed by atoms with van der Waals surface area (Å²) in [6, 6.07) is 10.1. The van der Waals surface area contributed by atoms with Gasteiger partial charge in [0.2, 0.25) is 0 Å². The predicted molar refractivity (Wildman–Crippen MR) is 122 cm³/mol. The monoisotopic (exact) mass is 421 g/mol. The van der Waals surface area contributed by atoms with E-state index in [4.69, 9.17) is 4.74 Å². The Labute approximate surface area is 186 Å². The third-order valence-electron chi connectivity index (χ3n) is 6.88. The molecule has 0 radical (unpaired) electrons. The molecule has 1 aromatic carbocycles. The van der Waals surface area contributed by atoms with Gasteiger partial charge in [0, 0.05) is 61.6 Å². The molecule has 0 amide bonds. The van der Waals surface area contributed by atoms with Crippen molar-refractivity contribution in [1.29, 1.82) is 0 Å². The summed E-state index contributed by atoms with van der Waals surface area (Å²) in [4.78, 5) is 29.5. The molecule has 0 atom stereocenters. The zero-order valence-electron chi connectivity index (χ0n) is 19.6. The fraction of sp³-hybridized carbons (Fsp3) is 0.556. The second kappa shape index (κ2) is 8.05. The van der Waals surface area contributed by atoms with E-state index in [1.165, 1.54) is 0 Å². The lowest BCUT2D eigenvalue weighted by atomic mass is 9.63. The highest BCUT2D eigenvalue weighted by Crippen LogP contribution is 2.54. The van der Waals surface area contributed by atoms with E-state index in [1.54, 1.807) is 7.11 Å². The molecule has 4 heteroatoms. The van der Waals surface area contributed by atoms with Crippen LogP contribution in [-0.4, -0.2) is 36.7 Å². The zero-order valence-corrected chi connectivity index (χ0v) is 19.6. The van der Waals surface area contributed by atoms with Crippen LogP contribution in [-0.2, 0) is 14.3 Å². The minimum atomic E-state index is -0.239. The maximum atomic E-state index is 13.6. The van der Waals surface area contributed by atoms with Gasteiger partial charge in [-0.15, -0.1) is 0 Å². The highest BCUT2D eigenvalue weighted by Gasteiger charge is 2.48. The highest BCUT2D eigenvalue weighted by atomic mass is 16.5. The first-order chi connectivity index (χ1) is 14.6. The van der Waals surface area contributed by atoms with E-state index in [1.807, 2.05) is 18.2 Å². The number of methoxy groups -OCH3 is 1. The fourth-order valence-corrected chi connectivity index (χ4v) is 5.66. The van der Waals surface area contributed by atoms with Gasteiger partial charge in [-0.25, -0.2) is 0 Å². The lowest BCUT2D eigenvalue weighted by molar-refractivity contribution is -0.119. The molecule has 3 aliphatic rings. The van der Waals surface area contributed by atoms with Crippen molar-refractivity contribution >= 4 is 11.6 Å². The number of hydrogen-bond donors (Lipinski definition) is 0. The Balaban J connectivity index is 1.93. The van der Waals surface area contributed by atoms with Gasteiger partial charge in [0.15, 0.2) is 11.6 Å². The van der Waals surface area contributed by atoms with E-state index < -0.39 is 0 Å². The van der Waals surface area contributed by atoms with Gasteiger partial charge in [-0.3, -0.25) is 9.59 Å². The van der Waals surface area contributed by atoms with Crippen LogP contribution >= 0.6 is 0 Å². The Morgan fingerprint density at radius 1 is 0.871 bits per heavy atom. The van der Waals surface area contributed by atoms with Gasteiger partial charge in [-0.1, -0.05) is 58.0 Å². The second-order valence-electron chi connectivity index (χ2n) is 10.9. The van der Waals surface area contributed by atoms with Crippen LogP contribution in [0.1, 0.15) is 71.3 Å². The van der Waals surface area contributed by atoms with Gasteiger partial charge in [0.05, 0.1) is 0 Å². The number of benzene rings is 1. The summed E-state index contributed by atoms with van der Waals surface area (Å²) in [6.07, 6.45) is 3.64. The topological polar surface area (TPSA) is 46.6 Å². The molecule has 0 N–H and O–H groups in total. The molecule has 166 valence electrons. The largest absolute Gasteiger partial charge is 0.385 e. The number of ketones is 2. The quantitative estimate of drug-likeness (QED) is 0.597. The van der Waals surface area contributed by atoms with Crippen LogP contribution in [0.3, 0.4) is 0 Å². The molecule has 2 aliphatic carbocycles. The van der Waals surface area contributed by atoms with Crippen molar-refractivity contribution in [3.63, 3.8) is 0 Å². The van der Waals surface area contributed by atoms with Crippen molar-refractivity contribution in [2.75, 3.05) is 20.3 Å². The van der Waals surface area contributed by atoms with E-state index in [2.05, 4.69) is 44.7 Å². The molecule has 1 aromatic rings. The molecule has 1 aliphatic heterocycles. The number of allylic oxidation sites excluding steroid dienone is 4. The Morgan fingerprint density at radius 3 is 1.87 bits per heavy atom. The highest BCUT2D eigenvalue weighted by molar-refractivity contribution is 6.06. The number of carbonyl (C=O) groups is 2. The van der Waals surface area contributed by atoms with Crippen LogP contribution in [0.25, 0.3) is 0 Å². The van der Waals surface area contributed by atoms with Crippen LogP contribution < -0.4 is 0 Å². The maximum absolute atomic E-state index is 13.6. The average Bonchev–Trinajstić information content (AvgIpc) is 2.67. The lowest BCUT2D eigenvalue weighted by Crippen LogP contribution is -2.44. The molecule has 4 nitrogen and oxygen atoms in total. The van der Waals surface area contributed by atoms with Gasteiger partial charge in [0.25, 0.3) is 0 Å². The Hall–Kier alpha value is -2.20. The predicted octanol–water partition coefficient (Wildman–Crippen LogP) is 5.41. The molecule has 0 saturated heterocycles. The second-order valence-corrected chi connectivity index (χ2v) is 10.9. The third kappa shape index (κ3) is 4.15. The summed E-state index contributed by atoms with van der Waals surface area (Å²) in [5, 5.41) is 0. The van der Waals surface area contributed by atoms with Crippen molar-refractivity contribution in [2.24, 2.45) is 10.8 Å². The molecule has 0 fully saturated rings. The first-order valence-corrected chi connectivity index (χ1v) is 11.5. The van der Waals surface area contributed by atoms with E-state index >= 15 is 0 Å². The zero-order chi connectivity index (χ0) is 22.4. The number of ether oxygens (including phenoxy) is 1. The van der Waals surface area contributed by atoms with Crippen molar-refractivity contribution in [3.05, 3.63) is 58.4 Å². The van der Waals surface area contributed by atoms with E-state index in [9.17, 15) is 9.59 Å². The van der Waals surface area contributed by atoms with Crippen LogP contribution in [0, 0.1) is 10.8 Å². The van der Waals surface area contributed by atoms with Crippen molar-refractivity contribution in [3.8, 4) is 0 Å². The molecule has 0 bridgehead atoms. The van der Waals surface area contributed by atoms with Crippen molar-refractivity contribution in [2.45, 2.75) is 65.7 Å². The van der Waals surface area contributed by atoms with Gasteiger partial charge in [-0.2, -0.15) is 0 Å². The summed E-state index contributed by atoms with van der Waals surface area (Å²) in [5.41, 5.74) is 4.88. The van der Waals surface area contributed by atoms with Gasteiger partial charge < -0.3 is 9.64 Å². The number of Topliss-reactive ketones (excluding diaryl/α,β-unsaturated/α-hetero) is 2. The molecule has 1 heterocycles. The van der Waals surface area contributed by atoms with E-state index in [0.29, 0.717) is 19.4 Å². The van der Waals surface area contributed by atoms with Crippen LogP contribution in [0.5, 0.6) is 0 Å². The minimum Gasteiger partial charge on any atom is -0.385 e. The molecule has 0 aromatic heterocycles. The number of nitrogens with zero attached hydrogens (tertiary/aromatic N) is 1. The third-order valence-corrected chi connectivity index (χ3v) is 6.88. The summed E-state index contributed by atoms with van der Waals surface area (Å²) >= 11 is 0. The standard InChI is InChI=1S/C27H35NO3/c1-26(2)14-19-24(21(29)16-26)23(18-10-7-6-8-11-18)25-20(28(19)12-9-13-31-5)15-27(3,4)17-22(25)30/h6-8,10-11,23H,9,12-17H2,1-5H3. The molecular formula is C27H35NO3. The first kappa shape index (κ1) is 22.0. The average molecular weight is 422 g/mol. The molecule has 0 spiro atoms. The lowest BCUT2D eigenvalue weighted by Gasteiger charge is -2.49. The molecule has 0 saturated carbocycles. The van der Waals surface area contributed by atoms with Crippen LogP contribution in [0.4, 0.5) is 0 Å². The normalized spacial score (nSPS) is 23.2. The first-order valence-electron chi connectivity index (χ1n) is 11.5. The molecular weight excluding hydrogens is 386 g/mol. The fourth-order valence-electron chi connectivity index (χ4n) is 5.66. The summed E-state index contributed by atoms with van der Waals surface area (Å²) in [6.45, 7) is 10.2. The number of rotatable bonds is 5. The van der Waals surface area contributed by atoms with Crippen LogP contribution in [0.15, 0.2) is 52.9 Å². The Bertz CT molecular complexity index is 898. The van der Waals surface area contributed by atoms with E-state index in [0.717, 1.165) is 53.9 Å². The summed E-state index contributed by atoms with van der Waals surface area (Å²) in [5.74, 6) is 0.152. The van der Waals surface area contributed by atoms with Crippen molar-refractivity contribution < 1.29 is 14.3 Å². The Morgan fingerprint density at radius 2 is 1.39 bits per heavy atom. The van der Waals surface area contributed by atoms with Crippen molar-refractivity contribution in [1.82, 2.24) is 4.90 Å². The number of hydrogen-bond acceptors (Lipinski definition) is 4. The smallest absolute Gasteiger partial charge is 0.162 e. The SMILES string of the molecule is COCCCN1C2=C(C(=O)CC(C)(C)C2)C(c2ccccc2)C2=C1CC(C)(C)CC2=O. The summed E-state index contributed by atoms with van der Waals surface area (Å²) < 4.78 is 5.33. The Kier molecular flexibility index (Phi) is 5.72. The summed E-state index contributed by atoms with van der Waals surface area (Å²) in [7, 11) is 1.72. The molecule has 31 heavy (non-hydrogen) atoms. The van der Waals surface area contributed by atoms with E-state index in [-0.39, 0.29) is 28.3 Å². The van der Waals surface area contributed by atoms with Gasteiger partial charge in [0.1, 0.15) is 0 Å². The van der Waals surface area contributed by atoms with Crippen LogP contribution in [0.2, 0.25) is 0 Å². The number of carbonyl (C=O) groups excluding carboxylic acids is 2. The molecule has 0 unspecified atom stereocenters. The maximum Gasteiger partial charge on any atom is 0.162 e. The minimum absolute atomic E-state index is 0.0804. The molecule has 4 rings (SSSR count). The van der Waals surface area contributed by atoms with Gasteiger partial charge in [-0.05, 0) is 35.7 Å². The van der Waals surface area contributed by atoms with Gasteiger partial charge >= 0.3 is 0 Å².